The van der Waals surface area contributed by atoms with Crippen LogP contribution in [0.4, 0.5) is 5.82 Å². The lowest BCUT2D eigenvalue weighted by Gasteiger charge is -2.24. The standard InChI is InChI=1S/C26H20ClN3O3/c27-19-10-6-16(7-11-19)15-33-20-12-8-17(9-13-20)21-14-22(31)28-25-23(21)26(32)30-24(29-25)18-4-2-1-3-5-18/h1-13,21H,14-15H2,(H2,28,29,30,31,32)/t21-/m1/s1. The molecule has 0 fully saturated rings. The fraction of sp³-hybridized carbons (Fsp3) is 0.115. The number of H-pyrrole nitrogens is 1. The lowest BCUT2D eigenvalue weighted by atomic mass is 9.87. The Labute approximate surface area is 195 Å². The summed E-state index contributed by atoms with van der Waals surface area (Å²) in [6.45, 7) is 0.414. The highest BCUT2D eigenvalue weighted by atomic mass is 35.5. The molecule has 0 radical (unpaired) electrons. The average molecular weight is 458 g/mol. The number of aromatic amines is 1. The zero-order valence-electron chi connectivity index (χ0n) is 17.5. The van der Waals surface area contributed by atoms with Crippen LogP contribution in [0.25, 0.3) is 11.4 Å². The number of amides is 1. The summed E-state index contributed by atoms with van der Waals surface area (Å²) in [6, 6.07) is 24.3. The summed E-state index contributed by atoms with van der Waals surface area (Å²) in [7, 11) is 0. The Hall–Kier alpha value is -3.90. The predicted octanol–water partition coefficient (Wildman–Crippen LogP) is 5.14. The minimum Gasteiger partial charge on any atom is -0.489 e. The maximum Gasteiger partial charge on any atom is 0.257 e. The second-order valence-electron chi connectivity index (χ2n) is 7.83. The summed E-state index contributed by atoms with van der Waals surface area (Å²) < 4.78 is 5.85. The number of ether oxygens (including phenoxy) is 1. The number of benzene rings is 3. The van der Waals surface area contributed by atoms with E-state index >= 15 is 0 Å². The van der Waals surface area contributed by atoms with E-state index in [2.05, 4.69) is 15.3 Å². The van der Waals surface area contributed by atoms with E-state index in [0.29, 0.717) is 34.6 Å². The maximum absolute atomic E-state index is 13.0. The van der Waals surface area contributed by atoms with E-state index in [-0.39, 0.29) is 23.8 Å². The quantitative estimate of drug-likeness (QED) is 0.434. The van der Waals surface area contributed by atoms with E-state index in [1.807, 2.05) is 78.9 Å². The van der Waals surface area contributed by atoms with Gasteiger partial charge in [-0.2, -0.15) is 0 Å². The first-order chi connectivity index (χ1) is 16.1. The van der Waals surface area contributed by atoms with Crippen LogP contribution >= 0.6 is 11.6 Å². The van der Waals surface area contributed by atoms with E-state index in [1.54, 1.807) is 0 Å². The molecule has 0 bridgehead atoms. The third kappa shape index (κ3) is 4.52. The van der Waals surface area contributed by atoms with Crippen molar-refractivity contribution in [1.29, 1.82) is 0 Å². The van der Waals surface area contributed by atoms with Crippen molar-refractivity contribution in [2.24, 2.45) is 0 Å². The van der Waals surface area contributed by atoms with Gasteiger partial charge in [0.1, 0.15) is 24.0 Å². The molecule has 4 aromatic rings. The number of nitrogens with one attached hydrogen (secondary N) is 2. The SMILES string of the molecule is O=C1C[C@H](c2ccc(OCc3ccc(Cl)cc3)cc2)c2c(nc(-c3ccccc3)[nH]c2=O)N1. The summed E-state index contributed by atoms with van der Waals surface area (Å²) in [5, 5.41) is 3.44. The molecule has 0 aliphatic carbocycles. The van der Waals surface area contributed by atoms with Crippen LogP contribution in [0.2, 0.25) is 5.02 Å². The number of rotatable bonds is 5. The van der Waals surface area contributed by atoms with Crippen molar-refractivity contribution in [3.05, 3.63) is 111 Å². The van der Waals surface area contributed by atoms with Crippen LogP contribution in [0.3, 0.4) is 0 Å². The molecule has 0 saturated heterocycles. The highest BCUT2D eigenvalue weighted by molar-refractivity contribution is 6.30. The van der Waals surface area contributed by atoms with E-state index in [0.717, 1.165) is 16.7 Å². The molecule has 1 aromatic heterocycles. The molecule has 6 nitrogen and oxygen atoms in total. The molecule has 33 heavy (non-hydrogen) atoms. The van der Waals surface area contributed by atoms with Crippen LogP contribution < -0.4 is 15.6 Å². The third-order valence-corrected chi connectivity index (χ3v) is 5.85. The van der Waals surface area contributed by atoms with Crippen molar-refractivity contribution in [3.63, 3.8) is 0 Å². The largest absolute Gasteiger partial charge is 0.489 e. The highest BCUT2D eigenvalue weighted by Gasteiger charge is 2.31. The molecule has 0 unspecified atom stereocenters. The molecule has 1 aliphatic rings. The number of nitrogens with zero attached hydrogens (tertiary/aromatic N) is 1. The smallest absolute Gasteiger partial charge is 0.257 e. The van der Waals surface area contributed by atoms with Gasteiger partial charge in [-0.15, -0.1) is 0 Å². The normalized spacial score (nSPS) is 14.9. The fourth-order valence-electron chi connectivity index (χ4n) is 3.93. The van der Waals surface area contributed by atoms with Gasteiger partial charge in [-0.25, -0.2) is 4.98 Å². The number of fused-ring (bicyclic) bond motifs is 1. The van der Waals surface area contributed by atoms with Gasteiger partial charge in [0.2, 0.25) is 5.91 Å². The summed E-state index contributed by atoms with van der Waals surface area (Å²) in [4.78, 5) is 32.8. The molecule has 1 amide bonds. The minimum absolute atomic E-state index is 0.173. The first-order valence-electron chi connectivity index (χ1n) is 10.5. The predicted molar refractivity (Wildman–Crippen MR) is 128 cm³/mol. The van der Waals surface area contributed by atoms with Gasteiger partial charge in [0.05, 0.1) is 5.56 Å². The van der Waals surface area contributed by atoms with Crippen molar-refractivity contribution in [2.45, 2.75) is 18.9 Å². The van der Waals surface area contributed by atoms with Crippen molar-refractivity contribution in [3.8, 4) is 17.1 Å². The molecular formula is C26H20ClN3O3. The maximum atomic E-state index is 13.0. The lowest BCUT2D eigenvalue weighted by Crippen LogP contribution is -2.31. The van der Waals surface area contributed by atoms with Gasteiger partial charge in [-0.1, -0.05) is 66.2 Å². The van der Waals surface area contributed by atoms with Crippen LogP contribution in [-0.2, 0) is 11.4 Å². The van der Waals surface area contributed by atoms with Gasteiger partial charge in [0.15, 0.2) is 0 Å². The van der Waals surface area contributed by atoms with E-state index in [1.165, 1.54) is 0 Å². The number of carbonyl (C=O) groups is 1. The minimum atomic E-state index is -0.389. The van der Waals surface area contributed by atoms with Gasteiger partial charge in [-0.3, -0.25) is 9.59 Å². The van der Waals surface area contributed by atoms with Crippen LogP contribution in [0.15, 0.2) is 83.7 Å². The van der Waals surface area contributed by atoms with Gasteiger partial charge in [-0.05, 0) is 35.4 Å². The Kier molecular flexibility index (Phi) is 5.67. The molecule has 2 heterocycles. The van der Waals surface area contributed by atoms with Crippen molar-refractivity contribution < 1.29 is 9.53 Å². The lowest BCUT2D eigenvalue weighted by molar-refractivity contribution is -0.116. The molecule has 0 saturated carbocycles. The Bertz CT molecular complexity index is 1350. The van der Waals surface area contributed by atoms with E-state index in [4.69, 9.17) is 16.3 Å². The zero-order chi connectivity index (χ0) is 22.8. The van der Waals surface area contributed by atoms with Gasteiger partial charge in [0, 0.05) is 22.9 Å². The Morgan fingerprint density at radius 1 is 0.939 bits per heavy atom. The average Bonchev–Trinajstić information content (AvgIpc) is 2.84. The van der Waals surface area contributed by atoms with Crippen LogP contribution in [0.5, 0.6) is 5.75 Å². The third-order valence-electron chi connectivity index (χ3n) is 5.60. The topological polar surface area (TPSA) is 84.1 Å². The number of halogens is 1. The van der Waals surface area contributed by atoms with Crippen LogP contribution in [0.1, 0.15) is 29.0 Å². The molecule has 1 atom stereocenters. The first-order valence-corrected chi connectivity index (χ1v) is 10.9. The van der Waals surface area contributed by atoms with E-state index < -0.39 is 0 Å². The highest BCUT2D eigenvalue weighted by Crippen LogP contribution is 2.35. The van der Waals surface area contributed by atoms with Crippen LogP contribution in [0, 0.1) is 0 Å². The van der Waals surface area contributed by atoms with Gasteiger partial charge in [0.25, 0.3) is 5.56 Å². The van der Waals surface area contributed by atoms with Crippen LogP contribution in [-0.4, -0.2) is 15.9 Å². The van der Waals surface area contributed by atoms with Crippen molar-refractivity contribution >= 4 is 23.3 Å². The summed E-state index contributed by atoms with van der Waals surface area (Å²) in [5.74, 6) is 0.863. The Morgan fingerprint density at radius 3 is 2.39 bits per heavy atom. The molecule has 7 heteroatoms. The first kappa shape index (κ1) is 21.0. The second-order valence-corrected chi connectivity index (χ2v) is 8.27. The van der Waals surface area contributed by atoms with Gasteiger partial charge >= 0.3 is 0 Å². The summed E-state index contributed by atoms with van der Waals surface area (Å²) >= 11 is 5.92. The number of anilines is 1. The number of hydrogen-bond acceptors (Lipinski definition) is 4. The number of carbonyl (C=O) groups excluding carboxylic acids is 1. The molecule has 2 N–H and O–H groups in total. The van der Waals surface area contributed by atoms with Crippen molar-refractivity contribution in [2.75, 3.05) is 5.32 Å². The molecule has 164 valence electrons. The zero-order valence-corrected chi connectivity index (χ0v) is 18.3. The van der Waals surface area contributed by atoms with E-state index in [9.17, 15) is 9.59 Å². The Balaban J connectivity index is 1.40. The molecule has 1 aliphatic heterocycles. The molecule has 5 rings (SSSR count). The molecule has 0 spiro atoms. The van der Waals surface area contributed by atoms with Crippen molar-refractivity contribution in [1.82, 2.24) is 9.97 Å². The number of aromatic nitrogens is 2. The monoisotopic (exact) mass is 457 g/mol. The number of hydrogen-bond donors (Lipinski definition) is 2. The summed E-state index contributed by atoms with van der Waals surface area (Å²) in [6.07, 6.45) is 0.174. The second kappa shape index (κ2) is 8.92. The Morgan fingerprint density at radius 2 is 1.67 bits per heavy atom. The molecular weight excluding hydrogens is 438 g/mol. The molecule has 3 aromatic carbocycles. The van der Waals surface area contributed by atoms with Gasteiger partial charge < -0.3 is 15.0 Å². The fourth-order valence-corrected chi connectivity index (χ4v) is 4.06. The summed E-state index contributed by atoms with van der Waals surface area (Å²) in [5.41, 5.74) is 2.84.